The first-order chi connectivity index (χ1) is 7.89. The van der Waals surface area contributed by atoms with Gasteiger partial charge in [-0.1, -0.05) is 18.2 Å². The Morgan fingerprint density at radius 1 is 1.35 bits per heavy atom. The Morgan fingerprint density at radius 3 is 2.65 bits per heavy atom. The maximum absolute atomic E-state index is 12.3. The molecule has 2 unspecified atom stereocenters. The summed E-state index contributed by atoms with van der Waals surface area (Å²) in [5.41, 5.74) is 0.570. The van der Waals surface area contributed by atoms with Crippen LogP contribution in [0.25, 0.3) is 0 Å². The fourth-order valence-electron chi connectivity index (χ4n) is 1.48. The van der Waals surface area contributed by atoms with Crippen molar-refractivity contribution in [2.24, 2.45) is 0 Å². The number of benzene rings is 1. The lowest BCUT2D eigenvalue weighted by molar-refractivity contribution is -0.255. The summed E-state index contributed by atoms with van der Waals surface area (Å²) in [6.07, 6.45) is -7.76. The Balaban J connectivity index is 2.18. The van der Waals surface area contributed by atoms with Crippen molar-refractivity contribution in [3.8, 4) is 0 Å². The van der Waals surface area contributed by atoms with E-state index in [0.717, 1.165) is 6.92 Å². The number of fused-ring (bicyclic) bond motifs is 1. The summed E-state index contributed by atoms with van der Waals surface area (Å²) in [5, 5.41) is 0. The van der Waals surface area contributed by atoms with Crippen LogP contribution in [-0.4, -0.2) is 18.2 Å². The largest absolute Gasteiger partial charge is 0.428 e. The van der Waals surface area contributed by atoms with Gasteiger partial charge in [0.2, 0.25) is 6.29 Å². The molecule has 1 aromatic rings. The van der Waals surface area contributed by atoms with Gasteiger partial charge in [0.05, 0.1) is 5.56 Å². The fourth-order valence-corrected chi connectivity index (χ4v) is 1.48. The Hall–Kier alpha value is -1.56. The molecular weight excluding hydrogens is 237 g/mol. The number of hydrogen-bond acceptors (Lipinski definition) is 3. The molecule has 1 aliphatic heterocycles. The number of ether oxygens (including phenoxy) is 2. The average Bonchev–Trinajstić information content (AvgIpc) is 2.56. The predicted octanol–water partition coefficient (Wildman–Crippen LogP) is 2.82. The number of cyclic esters (lactones) is 1. The topological polar surface area (TPSA) is 35.5 Å². The molecule has 0 aliphatic carbocycles. The molecule has 0 aromatic heterocycles. The maximum atomic E-state index is 12.3. The summed E-state index contributed by atoms with van der Waals surface area (Å²) in [4.78, 5) is 11.3. The maximum Gasteiger partial charge on any atom is 0.414 e. The summed E-state index contributed by atoms with van der Waals surface area (Å²) >= 11 is 0. The SMILES string of the molecule is CC(OC1OC(=O)c2ccccc21)C(F)(F)F. The van der Waals surface area contributed by atoms with Gasteiger partial charge in [-0.3, -0.25) is 0 Å². The normalized spacial score (nSPS) is 20.9. The Morgan fingerprint density at radius 2 is 2.00 bits per heavy atom. The number of rotatable bonds is 2. The number of carbonyl (C=O) groups excluding carboxylic acids is 1. The van der Waals surface area contributed by atoms with Crippen molar-refractivity contribution in [1.29, 1.82) is 0 Å². The quantitative estimate of drug-likeness (QED) is 0.753. The van der Waals surface area contributed by atoms with Crippen molar-refractivity contribution < 1.29 is 27.4 Å². The number of halogens is 3. The van der Waals surface area contributed by atoms with Crippen LogP contribution < -0.4 is 0 Å². The molecule has 2 rings (SSSR count). The first kappa shape index (κ1) is 11.9. The molecule has 3 nitrogen and oxygen atoms in total. The van der Waals surface area contributed by atoms with E-state index < -0.39 is 24.5 Å². The van der Waals surface area contributed by atoms with Crippen LogP contribution in [0, 0.1) is 0 Å². The van der Waals surface area contributed by atoms with Gasteiger partial charge >= 0.3 is 12.1 Å². The summed E-state index contributed by atoms with van der Waals surface area (Å²) in [6.45, 7) is 0.870. The lowest BCUT2D eigenvalue weighted by atomic mass is 10.1. The van der Waals surface area contributed by atoms with Crippen molar-refractivity contribution in [3.05, 3.63) is 35.4 Å². The van der Waals surface area contributed by atoms with Gasteiger partial charge in [-0.2, -0.15) is 13.2 Å². The Kier molecular flexibility index (Phi) is 2.82. The van der Waals surface area contributed by atoms with Gasteiger partial charge in [0.1, 0.15) is 0 Å². The van der Waals surface area contributed by atoms with Crippen molar-refractivity contribution in [2.45, 2.75) is 25.5 Å². The van der Waals surface area contributed by atoms with Crippen LogP contribution in [0.5, 0.6) is 0 Å². The van der Waals surface area contributed by atoms with Crippen LogP contribution in [-0.2, 0) is 9.47 Å². The van der Waals surface area contributed by atoms with Gasteiger partial charge in [0.25, 0.3) is 0 Å². The highest BCUT2D eigenvalue weighted by atomic mass is 19.4. The summed E-state index contributed by atoms with van der Waals surface area (Å²) in [7, 11) is 0. The molecule has 92 valence electrons. The van der Waals surface area contributed by atoms with E-state index in [1.165, 1.54) is 12.1 Å². The van der Waals surface area contributed by atoms with Gasteiger partial charge in [-0.05, 0) is 13.0 Å². The van der Waals surface area contributed by atoms with Gasteiger partial charge < -0.3 is 9.47 Å². The van der Waals surface area contributed by atoms with E-state index in [9.17, 15) is 18.0 Å². The molecule has 0 N–H and O–H groups in total. The molecule has 0 radical (unpaired) electrons. The van der Waals surface area contributed by atoms with Crippen LogP contribution in [0.15, 0.2) is 24.3 Å². The summed E-state index contributed by atoms with van der Waals surface area (Å²) in [5.74, 6) is -0.667. The van der Waals surface area contributed by atoms with E-state index in [0.29, 0.717) is 5.56 Å². The second-order valence-corrected chi connectivity index (χ2v) is 3.64. The fraction of sp³-hybridized carbons (Fsp3) is 0.364. The highest BCUT2D eigenvalue weighted by molar-refractivity contribution is 5.93. The first-order valence-electron chi connectivity index (χ1n) is 4.91. The van der Waals surface area contributed by atoms with Crippen molar-refractivity contribution in [3.63, 3.8) is 0 Å². The first-order valence-corrected chi connectivity index (χ1v) is 4.91. The number of alkyl halides is 3. The molecule has 0 spiro atoms. The van der Waals surface area contributed by atoms with Gasteiger partial charge in [0, 0.05) is 5.56 Å². The molecule has 1 aromatic carbocycles. The smallest absolute Gasteiger partial charge is 0.414 e. The molecule has 0 amide bonds. The third-order valence-electron chi connectivity index (χ3n) is 2.44. The van der Waals surface area contributed by atoms with Crippen molar-refractivity contribution >= 4 is 5.97 Å². The molecule has 0 saturated carbocycles. The van der Waals surface area contributed by atoms with Crippen molar-refractivity contribution in [1.82, 2.24) is 0 Å². The van der Waals surface area contributed by atoms with Gasteiger partial charge in [-0.15, -0.1) is 0 Å². The standard InChI is InChI=1S/C11H9F3O3/c1-6(11(12,13)14)16-10-8-5-3-2-4-7(8)9(15)17-10/h2-6,10H,1H3. The monoisotopic (exact) mass is 246 g/mol. The molecule has 17 heavy (non-hydrogen) atoms. The zero-order valence-electron chi connectivity index (χ0n) is 8.82. The minimum atomic E-state index is -4.48. The molecule has 6 heteroatoms. The zero-order valence-corrected chi connectivity index (χ0v) is 8.82. The second kappa shape index (κ2) is 4.03. The van der Waals surface area contributed by atoms with E-state index in [-0.39, 0.29) is 5.56 Å². The van der Waals surface area contributed by atoms with Crippen LogP contribution in [0.3, 0.4) is 0 Å². The van der Waals surface area contributed by atoms with Crippen LogP contribution >= 0.6 is 0 Å². The molecule has 2 atom stereocenters. The Labute approximate surface area is 95.1 Å². The van der Waals surface area contributed by atoms with Gasteiger partial charge in [-0.25, -0.2) is 4.79 Å². The van der Waals surface area contributed by atoms with E-state index >= 15 is 0 Å². The Bertz CT molecular complexity index is 442. The molecule has 1 heterocycles. The average molecular weight is 246 g/mol. The second-order valence-electron chi connectivity index (χ2n) is 3.64. The summed E-state index contributed by atoms with van der Waals surface area (Å²) in [6, 6.07) is 6.21. The summed E-state index contributed by atoms with van der Waals surface area (Å²) < 4.78 is 46.4. The molecule has 0 bridgehead atoms. The number of hydrogen-bond donors (Lipinski definition) is 0. The van der Waals surface area contributed by atoms with E-state index in [4.69, 9.17) is 9.47 Å². The van der Waals surface area contributed by atoms with Crippen LogP contribution in [0.4, 0.5) is 13.2 Å². The third-order valence-corrected chi connectivity index (χ3v) is 2.44. The van der Waals surface area contributed by atoms with E-state index in [1.807, 2.05) is 0 Å². The lowest BCUT2D eigenvalue weighted by Crippen LogP contribution is -2.30. The van der Waals surface area contributed by atoms with Crippen LogP contribution in [0.1, 0.15) is 29.1 Å². The predicted molar refractivity (Wildman–Crippen MR) is 51.2 cm³/mol. The molecule has 0 saturated heterocycles. The van der Waals surface area contributed by atoms with Crippen LogP contribution in [0.2, 0.25) is 0 Å². The molecule has 1 aliphatic rings. The van der Waals surface area contributed by atoms with E-state index in [1.54, 1.807) is 12.1 Å². The molecule has 0 fully saturated rings. The zero-order chi connectivity index (χ0) is 12.6. The van der Waals surface area contributed by atoms with E-state index in [2.05, 4.69) is 0 Å². The van der Waals surface area contributed by atoms with Crippen molar-refractivity contribution in [2.75, 3.05) is 0 Å². The minimum absolute atomic E-state index is 0.242. The number of esters is 1. The highest BCUT2D eigenvalue weighted by Gasteiger charge is 2.42. The highest BCUT2D eigenvalue weighted by Crippen LogP contribution is 2.35. The minimum Gasteiger partial charge on any atom is -0.428 e. The lowest BCUT2D eigenvalue weighted by Gasteiger charge is -2.20. The molecular formula is C11H9F3O3. The van der Waals surface area contributed by atoms with Gasteiger partial charge in [0.15, 0.2) is 6.10 Å². The number of carbonyl (C=O) groups is 1. The third kappa shape index (κ3) is 2.26.